The third kappa shape index (κ3) is 12.2. The lowest BCUT2D eigenvalue weighted by Crippen LogP contribution is -2.31. The highest BCUT2D eigenvalue weighted by Gasteiger charge is 2.12. The standard InChI is InChI=1S/C17H31NO4/c1-5-6-7-8-9-10-11-12-18-17(20)22-15(4)13-21-16(19)14(2)3/h15H,2,5-13H2,1,3-4H3,(H,18,20). The maximum atomic E-state index is 11.5. The minimum Gasteiger partial charge on any atom is -0.458 e. The zero-order chi connectivity index (χ0) is 16.8. The number of ether oxygens (including phenoxy) is 2. The van der Waals surface area contributed by atoms with Gasteiger partial charge in [0.05, 0.1) is 0 Å². The molecule has 0 bridgehead atoms. The molecule has 1 amide bonds. The van der Waals surface area contributed by atoms with E-state index in [1.807, 2.05) is 0 Å². The molecule has 0 rings (SSSR count). The minimum atomic E-state index is -0.475. The number of rotatable bonds is 12. The topological polar surface area (TPSA) is 64.6 Å². The molecule has 1 N–H and O–H groups in total. The van der Waals surface area contributed by atoms with E-state index in [2.05, 4.69) is 18.8 Å². The lowest BCUT2D eigenvalue weighted by molar-refractivity contribution is -0.141. The van der Waals surface area contributed by atoms with Gasteiger partial charge in [0.2, 0.25) is 0 Å². The van der Waals surface area contributed by atoms with Gasteiger partial charge in [0.25, 0.3) is 0 Å². The Morgan fingerprint density at radius 2 is 1.68 bits per heavy atom. The van der Waals surface area contributed by atoms with Crippen LogP contribution in [-0.4, -0.2) is 31.3 Å². The molecular weight excluding hydrogens is 282 g/mol. The van der Waals surface area contributed by atoms with E-state index in [9.17, 15) is 9.59 Å². The Morgan fingerprint density at radius 3 is 2.27 bits per heavy atom. The largest absolute Gasteiger partial charge is 0.458 e. The van der Waals surface area contributed by atoms with Crippen molar-refractivity contribution in [2.45, 2.75) is 71.8 Å². The molecule has 0 saturated carbocycles. The highest BCUT2D eigenvalue weighted by Crippen LogP contribution is 2.06. The summed E-state index contributed by atoms with van der Waals surface area (Å²) in [6.07, 6.45) is 7.48. The quantitative estimate of drug-likeness (QED) is 0.336. The summed E-state index contributed by atoms with van der Waals surface area (Å²) in [6.45, 7) is 9.59. The van der Waals surface area contributed by atoms with Crippen LogP contribution in [0.2, 0.25) is 0 Å². The molecule has 0 aliphatic heterocycles. The Bertz CT molecular complexity index is 342. The molecule has 5 nitrogen and oxygen atoms in total. The minimum absolute atomic E-state index is 0.0382. The van der Waals surface area contributed by atoms with E-state index in [1.54, 1.807) is 13.8 Å². The number of unbranched alkanes of at least 4 members (excludes halogenated alkanes) is 6. The van der Waals surface area contributed by atoms with E-state index in [-0.39, 0.29) is 6.61 Å². The molecule has 0 spiro atoms. The SMILES string of the molecule is C=C(C)C(=O)OCC(C)OC(=O)NCCCCCCCCC. The van der Waals surface area contributed by atoms with Crippen LogP contribution in [0.25, 0.3) is 0 Å². The Morgan fingerprint density at radius 1 is 1.09 bits per heavy atom. The maximum Gasteiger partial charge on any atom is 0.407 e. The van der Waals surface area contributed by atoms with Crippen molar-refractivity contribution in [1.29, 1.82) is 0 Å². The van der Waals surface area contributed by atoms with Gasteiger partial charge in [0.1, 0.15) is 12.7 Å². The fourth-order valence-corrected chi connectivity index (χ4v) is 1.85. The Labute approximate surface area is 134 Å². The first-order valence-electron chi connectivity index (χ1n) is 8.24. The molecular formula is C17H31NO4. The van der Waals surface area contributed by atoms with Gasteiger partial charge in [0.15, 0.2) is 0 Å². The third-order valence-electron chi connectivity index (χ3n) is 3.16. The number of carbonyl (C=O) groups excluding carboxylic acids is 2. The molecule has 22 heavy (non-hydrogen) atoms. The number of carbonyl (C=O) groups is 2. The van der Waals surface area contributed by atoms with Crippen molar-refractivity contribution in [2.24, 2.45) is 0 Å². The molecule has 0 aromatic rings. The molecule has 0 aliphatic rings. The zero-order valence-electron chi connectivity index (χ0n) is 14.3. The number of esters is 1. The van der Waals surface area contributed by atoms with Gasteiger partial charge in [-0.15, -0.1) is 0 Å². The maximum absolute atomic E-state index is 11.5. The molecule has 0 saturated heterocycles. The Kier molecular flexibility index (Phi) is 12.3. The van der Waals surface area contributed by atoms with E-state index >= 15 is 0 Å². The summed E-state index contributed by atoms with van der Waals surface area (Å²) in [5.74, 6) is -0.473. The second-order valence-corrected chi connectivity index (χ2v) is 5.64. The summed E-state index contributed by atoms with van der Waals surface area (Å²) < 4.78 is 10.00. The molecule has 0 aromatic carbocycles. The van der Waals surface area contributed by atoms with Crippen molar-refractivity contribution in [1.82, 2.24) is 5.32 Å². The number of alkyl carbamates (subject to hydrolysis) is 1. The fourth-order valence-electron chi connectivity index (χ4n) is 1.85. The van der Waals surface area contributed by atoms with E-state index in [0.717, 1.165) is 12.8 Å². The smallest absolute Gasteiger partial charge is 0.407 e. The van der Waals surface area contributed by atoms with Crippen LogP contribution in [0.3, 0.4) is 0 Å². The van der Waals surface area contributed by atoms with Crippen molar-refractivity contribution in [2.75, 3.05) is 13.2 Å². The van der Waals surface area contributed by atoms with E-state index < -0.39 is 18.2 Å². The predicted molar refractivity (Wildman–Crippen MR) is 87.7 cm³/mol. The molecule has 0 fully saturated rings. The zero-order valence-corrected chi connectivity index (χ0v) is 14.3. The molecule has 0 heterocycles. The van der Waals surface area contributed by atoms with Crippen LogP contribution in [0.1, 0.15) is 65.7 Å². The average Bonchev–Trinajstić information content (AvgIpc) is 2.47. The van der Waals surface area contributed by atoms with Crippen molar-refractivity contribution in [3.05, 3.63) is 12.2 Å². The van der Waals surface area contributed by atoms with Crippen molar-refractivity contribution >= 4 is 12.1 Å². The Hall–Kier alpha value is -1.52. The number of hydrogen-bond acceptors (Lipinski definition) is 4. The third-order valence-corrected chi connectivity index (χ3v) is 3.16. The molecule has 1 unspecified atom stereocenters. The molecule has 1 atom stereocenters. The summed E-state index contributed by atoms with van der Waals surface area (Å²) in [5, 5.41) is 2.71. The molecule has 0 aromatic heterocycles. The Balaban J connectivity index is 3.52. The van der Waals surface area contributed by atoms with Crippen LogP contribution in [0.5, 0.6) is 0 Å². The second-order valence-electron chi connectivity index (χ2n) is 5.64. The van der Waals surface area contributed by atoms with Crippen molar-refractivity contribution in [3.8, 4) is 0 Å². The van der Waals surface area contributed by atoms with Crippen LogP contribution >= 0.6 is 0 Å². The first-order chi connectivity index (χ1) is 10.5. The summed E-state index contributed by atoms with van der Waals surface area (Å²) in [7, 11) is 0. The van der Waals surface area contributed by atoms with Crippen LogP contribution in [-0.2, 0) is 14.3 Å². The van der Waals surface area contributed by atoms with E-state index in [0.29, 0.717) is 12.1 Å². The van der Waals surface area contributed by atoms with Gasteiger partial charge < -0.3 is 14.8 Å². The predicted octanol–water partition coefficient (Wildman–Crippen LogP) is 3.97. The van der Waals surface area contributed by atoms with Gasteiger partial charge in [-0.05, 0) is 20.3 Å². The van der Waals surface area contributed by atoms with Gasteiger partial charge in [-0.1, -0.05) is 52.0 Å². The second kappa shape index (κ2) is 13.2. The van der Waals surface area contributed by atoms with Gasteiger partial charge in [-0.25, -0.2) is 9.59 Å². The van der Waals surface area contributed by atoms with Crippen LogP contribution in [0.15, 0.2) is 12.2 Å². The van der Waals surface area contributed by atoms with Crippen molar-refractivity contribution in [3.63, 3.8) is 0 Å². The highest BCUT2D eigenvalue weighted by molar-refractivity contribution is 5.86. The van der Waals surface area contributed by atoms with Gasteiger partial charge in [-0.2, -0.15) is 0 Å². The highest BCUT2D eigenvalue weighted by atomic mass is 16.6. The van der Waals surface area contributed by atoms with Gasteiger partial charge in [-0.3, -0.25) is 0 Å². The normalized spacial score (nSPS) is 11.6. The summed E-state index contributed by atoms with van der Waals surface area (Å²) in [6, 6.07) is 0. The number of hydrogen-bond donors (Lipinski definition) is 1. The first-order valence-corrected chi connectivity index (χ1v) is 8.24. The number of amides is 1. The van der Waals surface area contributed by atoms with Gasteiger partial charge in [0, 0.05) is 12.1 Å². The molecule has 0 aliphatic carbocycles. The lowest BCUT2D eigenvalue weighted by Gasteiger charge is -2.14. The summed E-state index contributed by atoms with van der Waals surface area (Å²) in [4.78, 5) is 22.7. The molecule has 5 heteroatoms. The molecule has 0 radical (unpaired) electrons. The van der Waals surface area contributed by atoms with Gasteiger partial charge >= 0.3 is 12.1 Å². The average molecular weight is 313 g/mol. The fraction of sp³-hybridized carbons (Fsp3) is 0.765. The van der Waals surface area contributed by atoms with Crippen LogP contribution in [0.4, 0.5) is 4.79 Å². The van der Waals surface area contributed by atoms with Crippen LogP contribution in [0, 0.1) is 0 Å². The summed E-state index contributed by atoms with van der Waals surface area (Å²) >= 11 is 0. The van der Waals surface area contributed by atoms with Crippen molar-refractivity contribution < 1.29 is 19.1 Å². The van der Waals surface area contributed by atoms with E-state index in [4.69, 9.17) is 9.47 Å². The summed E-state index contributed by atoms with van der Waals surface area (Å²) in [5.41, 5.74) is 0.329. The lowest BCUT2D eigenvalue weighted by atomic mass is 10.1. The van der Waals surface area contributed by atoms with Crippen LogP contribution < -0.4 is 5.32 Å². The first kappa shape index (κ1) is 20.5. The molecule has 128 valence electrons. The van der Waals surface area contributed by atoms with E-state index in [1.165, 1.54) is 32.1 Å². The monoisotopic (exact) mass is 313 g/mol. The number of nitrogens with one attached hydrogen (secondary N) is 1.